The van der Waals surface area contributed by atoms with Crippen LogP contribution in [0.2, 0.25) is 0 Å². The van der Waals surface area contributed by atoms with Gasteiger partial charge in [-0.25, -0.2) is 11.2 Å². The van der Waals surface area contributed by atoms with Gasteiger partial charge in [-0.3, -0.25) is 0 Å². The smallest absolute Gasteiger partial charge is 0.259 e. The zero-order chi connectivity index (χ0) is 22.9. The van der Waals surface area contributed by atoms with Gasteiger partial charge < -0.3 is 18.6 Å². The van der Waals surface area contributed by atoms with Gasteiger partial charge in [0.05, 0.1) is 13.2 Å². The predicted molar refractivity (Wildman–Crippen MR) is 131 cm³/mol. The van der Waals surface area contributed by atoms with Crippen LogP contribution in [-0.2, 0) is 26.8 Å². The van der Waals surface area contributed by atoms with E-state index in [1.54, 1.807) is 0 Å². The van der Waals surface area contributed by atoms with Gasteiger partial charge >= 0.3 is 0 Å². The van der Waals surface area contributed by atoms with Crippen molar-refractivity contribution in [3.8, 4) is 0 Å². The van der Waals surface area contributed by atoms with Crippen LogP contribution < -0.4 is 0 Å². The number of rotatable bonds is 18. The van der Waals surface area contributed by atoms with Gasteiger partial charge in [-0.1, -0.05) is 50.5 Å². The zero-order valence-corrected chi connectivity index (χ0v) is 21.2. The molecule has 5 nitrogen and oxygen atoms in total. The van der Waals surface area contributed by atoms with Gasteiger partial charge in [0.2, 0.25) is 6.54 Å². The third-order valence-electron chi connectivity index (χ3n) is 4.87. The fourth-order valence-electron chi connectivity index (χ4n) is 3.39. The first-order chi connectivity index (χ1) is 15.0. The highest BCUT2D eigenvalue weighted by molar-refractivity contribution is 7.44. The molecule has 0 fully saturated rings. The van der Waals surface area contributed by atoms with Crippen molar-refractivity contribution < 1.29 is 13.8 Å². The summed E-state index contributed by atoms with van der Waals surface area (Å²) in [6.07, 6.45) is 6.71. The summed E-state index contributed by atoms with van der Waals surface area (Å²) < 4.78 is 20.1. The van der Waals surface area contributed by atoms with E-state index in [2.05, 4.69) is 68.4 Å². The molecule has 0 aliphatic carbocycles. The normalized spacial score (nSPS) is 12.6. The fourth-order valence-corrected chi connectivity index (χ4v) is 5.01. The molecule has 0 amide bonds. The van der Waals surface area contributed by atoms with Gasteiger partial charge in [0, 0.05) is 18.7 Å². The second-order valence-electron chi connectivity index (χ2n) is 8.39. The van der Waals surface area contributed by atoms with Crippen LogP contribution in [-0.4, -0.2) is 43.1 Å². The van der Waals surface area contributed by atoms with Gasteiger partial charge in [-0.05, 0) is 58.1 Å². The van der Waals surface area contributed by atoms with E-state index in [1.165, 1.54) is 17.5 Å². The minimum Gasteiger partial charge on any atom is -0.377 e. The van der Waals surface area contributed by atoms with Crippen LogP contribution in [0.1, 0.15) is 77.8 Å². The standard InChI is InChI=1S/C25H43N2O3P/c1-7-12-24-13-15-25(16-14-24)21-28-18-10-8-9-11-19-29-31(30-20-17-26-6)27(22(2)3)23(4)5/h13-16,22-23H,7-12,17-21H2,1-5H3. The lowest BCUT2D eigenvalue weighted by molar-refractivity contribution is 0.116. The Bertz CT molecular complexity index is 594. The molecule has 1 rings (SSSR count). The van der Waals surface area contributed by atoms with Crippen LogP contribution >= 0.6 is 8.53 Å². The molecule has 0 aromatic heterocycles. The largest absolute Gasteiger partial charge is 0.377 e. The number of unbranched alkanes of at least 4 members (excludes halogenated alkanes) is 3. The van der Waals surface area contributed by atoms with Gasteiger partial charge in [0.15, 0.2) is 0 Å². The number of ether oxygens (including phenoxy) is 1. The molecule has 0 aliphatic heterocycles. The Kier molecular flexibility index (Phi) is 15.8. The summed E-state index contributed by atoms with van der Waals surface area (Å²) in [5, 5.41) is 0. The molecular formula is C25H43N2O3P. The Hall–Kier alpha value is -1.02. The highest BCUT2D eigenvalue weighted by Crippen LogP contribution is 2.45. The predicted octanol–water partition coefficient (Wildman–Crippen LogP) is 7.01. The topological polar surface area (TPSA) is 35.3 Å². The molecule has 1 unspecified atom stereocenters. The summed E-state index contributed by atoms with van der Waals surface area (Å²) in [7, 11) is -1.11. The summed E-state index contributed by atoms with van der Waals surface area (Å²) >= 11 is 0. The van der Waals surface area contributed by atoms with Crippen LogP contribution in [0.25, 0.3) is 4.85 Å². The van der Waals surface area contributed by atoms with Crippen LogP contribution in [0.3, 0.4) is 0 Å². The van der Waals surface area contributed by atoms with Crippen molar-refractivity contribution in [2.24, 2.45) is 0 Å². The number of benzene rings is 1. The van der Waals surface area contributed by atoms with Crippen molar-refractivity contribution in [1.29, 1.82) is 0 Å². The summed E-state index contributed by atoms with van der Waals surface area (Å²) in [5.41, 5.74) is 2.65. The summed E-state index contributed by atoms with van der Waals surface area (Å²) in [6.45, 7) is 20.8. The second kappa shape index (κ2) is 17.5. The van der Waals surface area contributed by atoms with Crippen LogP contribution in [0.5, 0.6) is 0 Å². The maximum absolute atomic E-state index is 6.95. The van der Waals surface area contributed by atoms with E-state index in [-0.39, 0.29) is 0 Å². The maximum Gasteiger partial charge on any atom is 0.259 e. The highest BCUT2D eigenvalue weighted by Gasteiger charge is 2.27. The number of nitrogens with zero attached hydrogens (tertiary/aromatic N) is 2. The molecule has 31 heavy (non-hydrogen) atoms. The van der Waals surface area contributed by atoms with Crippen molar-refractivity contribution in [2.45, 2.75) is 91.8 Å². The van der Waals surface area contributed by atoms with Gasteiger partial charge in [-0.15, -0.1) is 0 Å². The van der Waals surface area contributed by atoms with Gasteiger partial charge in [-0.2, -0.15) is 0 Å². The Labute approximate surface area is 192 Å². The van der Waals surface area contributed by atoms with Crippen LogP contribution in [0.4, 0.5) is 0 Å². The van der Waals surface area contributed by atoms with Crippen molar-refractivity contribution >= 4 is 8.53 Å². The molecule has 6 heteroatoms. The first-order valence-corrected chi connectivity index (χ1v) is 13.0. The monoisotopic (exact) mass is 450 g/mol. The van der Waals surface area contributed by atoms with Crippen LogP contribution in [0, 0.1) is 6.57 Å². The van der Waals surface area contributed by atoms with E-state index in [0.29, 0.717) is 38.4 Å². The average Bonchev–Trinajstić information content (AvgIpc) is 2.73. The lowest BCUT2D eigenvalue weighted by Gasteiger charge is -2.35. The van der Waals surface area contributed by atoms with Crippen molar-refractivity contribution in [3.05, 3.63) is 46.8 Å². The second-order valence-corrected chi connectivity index (χ2v) is 9.84. The van der Waals surface area contributed by atoms with Gasteiger partial charge in [0.25, 0.3) is 8.53 Å². The molecule has 0 bridgehead atoms. The van der Waals surface area contributed by atoms with E-state index in [9.17, 15) is 0 Å². The first-order valence-electron chi connectivity index (χ1n) is 11.8. The zero-order valence-electron chi connectivity index (χ0n) is 20.3. The SMILES string of the molecule is [C-]#[N+]CCOP(OCCCCCCOCc1ccc(CCC)cc1)N(C(C)C)C(C)C. The van der Waals surface area contributed by atoms with E-state index in [0.717, 1.165) is 38.7 Å². The molecule has 1 atom stereocenters. The molecule has 0 saturated heterocycles. The van der Waals surface area contributed by atoms with Crippen molar-refractivity contribution in [1.82, 2.24) is 4.67 Å². The summed E-state index contributed by atoms with van der Waals surface area (Å²) in [4.78, 5) is 3.38. The summed E-state index contributed by atoms with van der Waals surface area (Å²) in [5.74, 6) is 0. The lowest BCUT2D eigenvalue weighted by Crippen LogP contribution is -2.33. The van der Waals surface area contributed by atoms with E-state index >= 15 is 0 Å². The quantitative estimate of drug-likeness (QED) is 0.137. The molecule has 1 aromatic carbocycles. The molecule has 0 spiro atoms. The van der Waals surface area contributed by atoms with Gasteiger partial charge in [0.1, 0.15) is 6.61 Å². The van der Waals surface area contributed by atoms with E-state index < -0.39 is 8.53 Å². The third-order valence-corrected chi connectivity index (χ3v) is 6.97. The van der Waals surface area contributed by atoms with Crippen LogP contribution in [0.15, 0.2) is 24.3 Å². The Morgan fingerprint density at radius 2 is 1.45 bits per heavy atom. The Morgan fingerprint density at radius 1 is 0.871 bits per heavy atom. The maximum atomic E-state index is 6.95. The molecule has 0 aliphatic rings. The fraction of sp³-hybridized carbons (Fsp3) is 0.720. The molecule has 0 saturated carbocycles. The van der Waals surface area contributed by atoms with E-state index in [4.69, 9.17) is 20.4 Å². The molecule has 0 radical (unpaired) electrons. The molecule has 0 N–H and O–H groups in total. The third kappa shape index (κ3) is 12.6. The Balaban J connectivity index is 2.18. The molecular weight excluding hydrogens is 407 g/mol. The highest BCUT2D eigenvalue weighted by atomic mass is 31.2. The minimum atomic E-state index is -1.11. The first kappa shape index (κ1) is 28.0. The van der Waals surface area contributed by atoms with E-state index in [1.807, 2.05) is 0 Å². The van der Waals surface area contributed by atoms with Crippen molar-refractivity contribution in [3.63, 3.8) is 0 Å². The lowest BCUT2D eigenvalue weighted by atomic mass is 10.1. The average molecular weight is 451 g/mol. The molecule has 0 heterocycles. The number of hydrogen-bond donors (Lipinski definition) is 0. The van der Waals surface area contributed by atoms with Crippen molar-refractivity contribution in [2.75, 3.05) is 26.4 Å². The number of aryl methyl sites for hydroxylation is 1. The molecule has 1 aromatic rings. The summed E-state index contributed by atoms with van der Waals surface area (Å²) in [6, 6.07) is 9.47. The number of hydrogen-bond acceptors (Lipinski definition) is 4. The molecule has 176 valence electrons. The minimum absolute atomic E-state index is 0.346. The Morgan fingerprint density at radius 3 is 2.03 bits per heavy atom.